The predicted molar refractivity (Wildman–Crippen MR) is 77.0 cm³/mol. The fourth-order valence-corrected chi connectivity index (χ4v) is 1.96. The first kappa shape index (κ1) is 13.5. The molecule has 0 amide bonds. The van der Waals surface area contributed by atoms with Gasteiger partial charge < -0.3 is 5.11 Å². The second kappa shape index (κ2) is 5.80. The second-order valence-corrected chi connectivity index (χ2v) is 4.64. The van der Waals surface area contributed by atoms with Crippen LogP contribution in [0.4, 0.5) is 5.69 Å². The zero-order chi connectivity index (χ0) is 13.8. The van der Waals surface area contributed by atoms with Crippen LogP contribution >= 0.6 is 11.6 Å². The average molecular weight is 277 g/mol. The van der Waals surface area contributed by atoms with Gasteiger partial charge in [-0.25, -0.2) is 4.79 Å². The van der Waals surface area contributed by atoms with Crippen molar-refractivity contribution in [2.24, 2.45) is 9.98 Å². The van der Waals surface area contributed by atoms with Crippen molar-refractivity contribution in [3.05, 3.63) is 41.5 Å². The van der Waals surface area contributed by atoms with E-state index < -0.39 is 5.97 Å². The average Bonchev–Trinajstić information content (AvgIpc) is 2.38. The minimum Gasteiger partial charge on any atom is -0.478 e. The van der Waals surface area contributed by atoms with Crippen molar-refractivity contribution in [2.45, 2.75) is 19.4 Å². The van der Waals surface area contributed by atoms with Crippen molar-refractivity contribution >= 4 is 34.6 Å². The van der Waals surface area contributed by atoms with Crippen LogP contribution in [-0.4, -0.2) is 28.5 Å². The Balaban J connectivity index is 2.15. The van der Waals surface area contributed by atoms with E-state index in [4.69, 9.17) is 16.7 Å². The summed E-state index contributed by atoms with van der Waals surface area (Å²) < 4.78 is 0. The highest BCUT2D eigenvalue weighted by atomic mass is 35.5. The van der Waals surface area contributed by atoms with E-state index in [0.717, 1.165) is 5.57 Å². The number of aromatic carboxylic acids is 1. The number of halogens is 1. The maximum atomic E-state index is 10.9. The number of hydrogen-bond acceptors (Lipinski definition) is 3. The number of hydrogen-bond donors (Lipinski definition) is 1. The van der Waals surface area contributed by atoms with Crippen LogP contribution in [0.1, 0.15) is 23.7 Å². The standard InChI is InChI=1S/C14H13ClN2O2/c1-9-11(5-6-13(15)17-9)8-16-12-4-2-3-10(7-12)14(18)19/h2-5,7-9H,6H2,1H3,(H,18,19). The van der Waals surface area contributed by atoms with E-state index in [2.05, 4.69) is 9.98 Å². The van der Waals surface area contributed by atoms with E-state index in [1.165, 1.54) is 12.1 Å². The van der Waals surface area contributed by atoms with Gasteiger partial charge in [0.25, 0.3) is 0 Å². The lowest BCUT2D eigenvalue weighted by Gasteiger charge is -2.13. The van der Waals surface area contributed by atoms with Gasteiger partial charge in [-0.2, -0.15) is 0 Å². The molecular weight excluding hydrogens is 264 g/mol. The van der Waals surface area contributed by atoms with Gasteiger partial charge in [-0.1, -0.05) is 23.7 Å². The molecule has 0 bridgehead atoms. The molecule has 0 aliphatic carbocycles. The fraction of sp³-hybridized carbons (Fsp3) is 0.214. The predicted octanol–water partition coefficient (Wildman–Crippen LogP) is 3.44. The van der Waals surface area contributed by atoms with Crippen molar-refractivity contribution in [1.29, 1.82) is 0 Å². The van der Waals surface area contributed by atoms with Crippen LogP contribution in [0, 0.1) is 0 Å². The third-order valence-electron chi connectivity index (χ3n) is 2.78. The highest BCUT2D eigenvalue weighted by molar-refractivity contribution is 6.65. The first-order valence-electron chi connectivity index (χ1n) is 5.86. The second-order valence-electron chi connectivity index (χ2n) is 4.20. The summed E-state index contributed by atoms with van der Waals surface area (Å²) in [5.74, 6) is -0.960. The molecule has 0 spiro atoms. The Kier molecular flexibility index (Phi) is 4.12. The first-order valence-corrected chi connectivity index (χ1v) is 6.23. The molecule has 4 nitrogen and oxygen atoms in total. The molecule has 1 atom stereocenters. The van der Waals surface area contributed by atoms with Gasteiger partial charge >= 0.3 is 5.97 Å². The lowest BCUT2D eigenvalue weighted by atomic mass is 10.1. The molecule has 0 fully saturated rings. The number of rotatable bonds is 3. The molecule has 1 aromatic carbocycles. The fourth-order valence-electron chi connectivity index (χ4n) is 1.74. The maximum absolute atomic E-state index is 10.9. The topological polar surface area (TPSA) is 62.0 Å². The summed E-state index contributed by atoms with van der Waals surface area (Å²) in [7, 11) is 0. The number of aliphatic imine (C=N–C) groups is 2. The summed E-state index contributed by atoms with van der Waals surface area (Å²) in [5, 5.41) is 9.50. The third-order valence-corrected chi connectivity index (χ3v) is 3.03. The SMILES string of the molecule is CC1N=C(Cl)CC=C1C=Nc1cccc(C(=O)O)c1. The Bertz CT molecular complexity index is 591. The molecule has 0 aromatic heterocycles. The third kappa shape index (κ3) is 3.51. The van der Waals surface area contributed by atoms with E-state index in [1.54, 1.807) is 18.3 Å². The molecule has 98 valence electrons. The molecule has 1 aromatic rings. The van der Waals surface area contributed by atoms with E-state index >= 15 is 0 Å². The minimum absolute atomic E-state index is 0.0207. The Morgan fingerprint density at radius 1 is 1.58 bits per heavy atom. The smallest absolute Gasteiger partial charge is 0.335 e. The number of dihydropyridines is 1. The summed E-state index contributed by atoms with van der Waals surface area (Å²) >= 11 is 5.85. The van der Waals surface area contributed by atoms with Crippen LogP contribution in [0.15, 0.2) is 45.9 Å². The molecule has 1 N–H and O–H groups in total. The Hall–Kier alpha value is -1.94. The monoisotopic (exact) mass is 276 g/mol. The van der Waals surface area contributed by atoms with E-state index in [1.807, 2.05) is 13.0 Å². The molecule has 0 saturated carbocycles. The number of carbonyl (C=O) groups is 1. The molecule has 5 heteroatoms. The van der Waals surface area contributed by atoms with Gasteiger partial charge in [-0.05, 0) is 30.7 Å². The number of carboxylic acids is 1. The molecule has 0 radical (unpaired) electrons. The zero-order valence-corrected chi connectivity index (χ0v) is 11.1. The highest BCUT2D eigenvalue weighted by Crippen LogP contribution is 2.18. The summed E-state index contributed by atoms with van der Waals surface area (Å²) in [6.45, 7) is 1.94. The minimum atomic E-state index is -0.960. The zero-order valence-electron chi connectivity index (χ0n) is 10.4. The van der Waals surface area contributed by atoms with Gasteiger partial charge in [0.15, 0.2) is 0 Å². The van der Waals surface area contributed by atoms with Crippen molar-refractivity contribution < 1.29 is 9.90 Å². The molecule has 0 saturated heterocycles. The van der Waals surface area contributed by atoms with Gasteiger partial charge in [0.2, 0.25) is 0 Å². The number of carboxylic acid groups (broad SMARTS) is 1. The Labute approximate surface area is 116 Å². The Morgan fingerprint density at radius 2 is 2.37 bits per heavy atom. The van der Waals surface area contributed by atoms with Crippen LogP contribution in [-0.2, 0) is 0 Å². The molecular formula is C14H13ClN2O2. The Morgan fingerprint density at radius 3 is 3.05 bits per heavy atom. The van der Waals surface area contributed by atoms with Gasteiger partial charge in [0.1, 0.15) is 5.17 Å². The van der Waals surface area contributed by atoms with E-state index in [0.29, 0.717) is 17.3 Å². The molecule has 1 aliphatic rings. The van der Waals surface area contributed by atoms with Crippen molar-refractivity contribution in [3.63, 3.8) is 0 Å². The number of allylic oxidation sites excluding steroid dienone is 1. The maximum Gasteiger partial charge on any atom is 0.335 e. The van der Waals surface area contributed by atoms with E-state index in [-0.39, 0.29) is 11.6 Å². The van der Waals surface area contributed by atoms with Gasteiger partial charge in [0.05, 0.1) is 17.3 Å². The lowest BCUT2D eigenvalue weighted by Crippen LogP contribution is -2.11. The summed E-state index contributed by atoms with van der Waals surface area (Å²) in [6.07, 6.45) is 4.30. The summed E-state index contributed by atoms with van der Waals surface area (Å²) in [5.41, 5.74) is 1.81. The van der Waals surface area contributed by atoms with Gasteiger partial charge in [0, 0.05) is 12.6 Å². The molecule has 1 aliphatic heterocycles. The van der Waals surface area contributed by atoms with Crippen LogP contribution in [0.2, 0.25) is 0 Å². The van der Waals surface area contributed by atoms with Crippen LogP contribution in [0.5, 0.6) is 0 Å². The normalized spacial score (nSPS) is 19.2. The number of nitrogens with zero attached hydrogens (tertiary/aromatic N) is 2. The van der Waals surface area contributed by atoms with Crippen molar-refractivity contribution in [1.82, 2.24) is 0 Å². The first-order chi connectivity index (χ1) is 9.06. The molecule has 2 rings (SSSR count). The largest absolute Gasteiger partial charge is 0.478 e. The van der Waals surface area contributed by atoms with Crippen LogP contribution in [0.25, 0.3) is 0 Å². The molecule has 1 unspecified atom stereocenters. The lowest BCUT2D eigenvalue weighted by molar-refractivity contribution is 0.0697. The van der Waals surface area contributed by atoms with Crippen LogP contribution < -0.4 is 0 Å². The van der Waals surface area contributed by atoms with Gasteiger partial charge in [-0.3, -0.25) is 9.98 Å². The van der Waals surface area contributed by atoms with Crippen LogP contribution in [0.3, 0.4) is 0 Å². The number of benzene rings is 1. The van der Waals surface area contributed by atoms with E-state index in [9.17, 15) is 4.79 Å². The highest BCUT2D eigenvalue weighted by Gasteiger charge is 2.11. The quantitative estimate of drug-likeness (QED) is 0.860. The molecule has 1 heterocycles. The molecule has 19 heavy (non-hydrogen) atoms. The van der Waals surface area contributed by atoms with Crippen molar-refractivity contribution in [2.75, 3.05) is 0 Å². The van der Waals surface area contributed by atoms with Crippen molar-refractivity contribution in [3.8, 4) is 0 Å². The summed E-state index contributed by atoms with van der Waals surface area (Å²) in [4.78, 5) is 19.4. The summed E-state index contributed by atoms with van der Waals surface area (Å²) in [6, 6.07) is 6.47. The van der Waals surface area contributed by atoms with Gasteiger partial charge in [-0.15, -0.1) is 0 Å².